The van der Waals surface area contributed by atoms with Gasteiger partial charge in [-0.2, -0.15) is 0 Å². The van der Waals surface area contributed by atoms with E-state index in [0.717, 1.165) is 66.5 Å². The van der Waals surface area contributed by atoms with E-state index < -0.39 is 0 Å². The Bertz CT molecular complexity index is 3470. The second-order valence-electron chi connectivity index (χ2n) is 14.4. The van der Waals surface area contributed by atoms with E-state index in [1.807, 2.05) is 30.3 Å². The molecule has 0 aliphatic rings. The van der Waals surface area contributed by atoms with Crippen LogP contribution in [0.3, 0.4) is 0 Å². The fourth-order valence-corrected chi connectivity index (χ4v) is 9.67. The third-order valence-corrected chi connectivity index (χ3v) is 12.2. The van der Waals surface area contributed by atoms with Crippen molar-refractivity contribution < 1.29 is 4.42 Å². The van der Waals surface area contributed by atoms with Gasteiger partial charge in [0.2, 0.25) is 0 Å². The Morgan fingerprint density at radius 2 is 1.00 bits per heavy atom. The number of furan rings is 1. The Balaban J connectivity index is 1.06. The first-order valence-electron chi connectivity index (χ1n) is 19.0. The lowest BCUT2D eigenvalue weighted by molar-refractivity contribution is 0.669. The first-order valence-corrected chi connectivity index (χ1v) is 19.8. The van der Waals surface area contributed by atoms with Gasteiger partial charge in [0.05, 0.1) is 22.1 Å². The number of benzene rings is 8. The van der Waals surface area contributed by atoms with Crippen LogP contribution in [0.2, 0.25) is 0 Å². The molecule has 0 bridgehead atoms. The molecular weight excluding hydrogens is 717 g/mol. The highest BCUT2D eigenvalue weighted by Crippen LogP contribution is 2.43. The van der Waals surface area contributed by atoms with E-state index in [9.17, 15) is 0 Å². The summed E-state index contributed by atoms with van der Waals surface area (Å²) in [6.45, 7) is 0. The van der Waals surface area contributed by atoms with Gasteiger partial charge in [0.25, 0.3) is 0 Å². The Morgan fingerprint density at radius 1 is 0.386 bits per heavy atom. The van der Waals surface area contributed by atoms with Gasteiger partial charge in [-0.05, 0) is 65.7 Å². The van der Waals surface area contributed by atoms with Crippen LogP contribution in [0.1, 0.15) is 0 Å². The van der Waals surface area contributed by atoms with E-state index in [0.29, 0.717) is 17.5 Å². The highest BCUT2D eigenvalue weighted by atomic mass is 32.1. The standard InChI is InChI=1S/C51H30N4OS/c1-3-14-31(15-4-1)39-28-34(30-46-47(39)38-20-9-12-25-45(38)57-46)51-53-49(32-16-5-2-6-17-32)52-50(54-51)33-26-27-37-44(29-33)56-43-24-13-23-42(48(37)43)55-40-21-10-7-18-35(40)36-19-8-11-22-41(36)55/h1-30H. The zero-order chi connectivity index (χ0) is 37.5. The van der Waals surface area contributed by atoms with Crippen LogP contribution in [0.5, 0.6) is 0 Å². The first kappa shape index (κ1) is 31.9. The van der Waals surface area contributed by atoms with E-state index in [1.54, 1.807) is 11.3 Å². The molecule has 0 aliphatic carbocycles. The number of fused-ring (bicyclic) bond motifs is 9. The number of nitrogens with zero attached hydrogens (tertiary/aromatic N) is 4. The zero-order valence-corrected chi connectivity index (χ0v) is 31.2. The summed E-state index contributed by atoms with van der Waals surface area (Å²) in [4.78, 5) is 15.5. The maximum absolute atomic E-state index is 6.67. The molecule has 12 aromatic rings. The number of hydrogen-bond acceptors (Lipinski definition) is 5. The fourth-order valence-electron chi connectivity index (χ4n) is 8.49. The molecule has 4 heterocycles. The van der Waals surface area contributed by atoms with Crippen molar-refractivity contribution in [2.75, 3.05) is 0 Å². The second-order valence-corrected chi connectivity index (χ2v) is 15.5. The summed E-state index contributed by atoms with van der Waals surface area (Å²) < 4.78 is 11.5. The van der Waals surface area contributed by atoms with Crippen molar-refractivity contribution >= 4 is 75.3 Å². The molecule has 0 saturated heterocycles. The molecule has 0 saturated carbocycles. The normalized spacial score (nSPS) is 11.9. The molecule has 4 aromatic heterocycles. The van der Waals surface area contributed by atoms with E-state index in [-0.39, 0.29) is 0 Å². The minimum absolute atomic E-state index is 0.585. The van der Waals surface area contributed by atoms with Crippen LogP contribution in [0, 0.1) is 0 Å². The van der Waals surface area contributed by atoms with Crippen LogP contribution < -0.4 is 0 Å². The van der Waals surface area contributed by atoms with Gasteiger partial charge < -0.3 is 8.98 Å². The Labute approximate surface area is 330 Å². The molecule has 0 N–H and O–H groups in total. The number of para-hydroxylation sites is 2. The molecule has 0 unspecified atom stereocenters. The lowest BCUT2D eigenvalue weighted by Crippen LogP contribution is -2.00. The fraction of sp³-hybridized carbons (Fsp3) is 0. The topological polar surface area (TPSA) is 56.7 Å². The molecule has 12 rings (SSSR count). The molecule has 0 atom stereocenters. The molecular formula is C51H30N4OS. The average Bonchev–Trinajstić information content (AvgIpc) is 3.96. The minimum atomic E-state index is 0.585. The zero-order valence-electron chi connectivity index (χ0n) is 30.4. The van der Waals surface area contributed by atoms with Crippen molar-refractivity contribution in [2.24, 2.45) is 0 Å². The second kappa shape index (κ2) is 12.6. The third-order valence-electron chi connectivity index (χ3n) is 11.0. The van der Waals surface area contributed by atoms with E-state index in [1.165, 1.54) is 30.9 Å². The summed E-state index contributed by atoms with van der Waals surface area (Å²) in [7, 11) is 0. The first-order chi connectivity index (χ1) is 28.2. The van der Waals surface area contributed by atoms with Gasteiger partial charge in [-0.15, -0.1) is 11.3 Å². The van der Waals surface area contributed by atoms with Gasteiger partial charge in [0, 0.05) is 53.0 Å². The predicted molar refractivity (Wildman–Crippen MR) is 236 cm³/mol. The van der Waals surface area contributed by atoms with Crippen molar-refractivity contribution in [1.29, 1.82) is 0 Å². The van der Waals surface area contributed by atoms with Crippen molar-refractivity contribution in [1.82, 2.24) is 19.5 Å². The van der Waals surface area contributed by atoms with Gasteiger partial charge in [0.1, 0.15) is 11.2 Å². The van der Waals surface area contributed by atoms with Crippen LogP contribution in [0.4, 0.5) is 0 Å². The summed E-state index contributed by atoms with van der Waals surface area (Å²) >= 11 is 1.80. The van der Waals surface area contributed by atoms with Gasteiger partial charge in [-0.1, -0.05) is 127 Å². The third kappa shape index (κ3) is 5.04. The molecule has 8 aromatic carbocycles. The van der Waals surface area contributed by atoms with Crippen LogP contribution in [0.15, 0.2) is 186 Å². The van der Waals surface area contributed by atoms with E-state index >= 15 is 0 Å². The van der Waals surface area contributed by atoms with Crippen molar-refractivity contribution in [3.63, 3.8) is 0 Å². The van der Waals surface area contributed by atoms with Gasteiger partial charge in [0.15, 0.2) is 17.5 Å². The number of hydrogen-bond donors (Lipinski definition) is 0. The monoisotopic (exact) mass is 746 g/mol. The minimum Gasteiger partial charge on any atom is -0.456 e. The highest BCUT2D eigenvalue weighted by Gasteiger charge is 2.20. The molecule has 0 fully saturated rings. The lowest BCUT2D eigenvalue weighted by atomic mass is 9.97. The smallest absolute Gasteiger partial charge is 0.164 e. The molecule has 0 aliphatic heterocycles. The molecule has 57 heavy (non-hydrogen) atoms. The predicted octanol–water partition coefficient (Wildman–Crippen LogP) is 13.9. The van der Waals surface area contributed by atoms with Crippen LogP contribution in [-0.4, -0.2) is 19.5 Å². The molecule has 6 heteroatoms. The Hall–Kier alpha value is -7.41. The maximum Gasteiger partial charge on any atom is 0.164 e. The van der Waals surface area contributed by atoms with Crippen LogP contribution >= 0.6 is 11.3 Å². The lowest BCUT2D eigenvalue weighted by Gasteiger charge is -2.11. The van der Waals surface area contributed by atoms with Crippen molar-refractivity contribution in [2.45, 2.75) is 0 Å². The van der Waals surface area contributed by atoms with Crippen LogP contribution in [0.25, 0.3) is 115 Å². The van der Waals surface area contributed by atoms with Crippen molar-refractivity contribution in [3.8, 4) is 51.0 Å². The summed E-state index contributed by atoms with van der Waals surface area (Å²) in [5.41, 5.74) is 10.0. The summed E-state index contributed by atoms with van der Waals surface area (Å²) in [6, 6.07) is 63.7. The maximum atomic E-state index is 6.67. The highest BCUT2D eigenvalue weighted by molar-refractivity contribution is 7.26. The molecule has 0 radical (unpaired) electrons. The number of rotatable bonds is 5. The van der Waals surface area contributed by atoms with Crippen LogP contribution in [-0.2, 0) is 0 Å². The SMILES string of the molecule is c1ccc(-c2nc(-c3ccc4c(c3)oc3cccc(-n5c6ccccc6c6ccccc65)c34)nc(-c3cc(-c4ccccc4)c4c(c3)sc3ccccc34)n2)cc1. The molecule has 0 amide bonds. The van der Waals surface area contributed by atoms with Gasteiger partial charge in [-0.25, -0.2) is 15.0 Å². The molecule has 5 nitrogen and oxygen atoms in total. The van der Waals surface area contributed by atoms with Crippen molar-refractivity contribution in [3.05, 3.63) is 182 Å². The van der Waals surface area contributed by atoms with Gasteiger partial charge >= 0.3 is 0 Å². The van der Waals surface area contributed by atoms with E-state index in [2.05, 4.69) is 156 Å². The summed E-state index contributed by atoms with van der Waals surface area (Å²) in [5.74, 6) is 1.82. The summed E-state index contributed by atoms with van der Waals surface area (Å²) in [6.07, 6.45) is 0. The average molecular weight is 747 g/mol. The Morgan fingerprint density at radius 3 is 1.74 bits per heavy atom. The number of thiophene rings is 1. The molecule has 266 valence electrons. The molecule has 0 spiro atoms. The van der Waals surface area contributed by atoms with E-state index in [4.69, 9.17) is 19.4 Å². The summed E-state index contributed by atoms with van der Waals surface area (Å²) in [5, 5.41) is 7.05. The number of aromatic nitrogens is 4. The largest absolute Gasteiger partial charge is 0.456 e. The Kier molecular flexibility index (Phi) is 7.03. The quantitative estimate of drug-likeness (QED) is 0.176. The van der Waals surface area contributed by atoms with Gasteiger partial charge in [-0.3, -0.25) is 0 Å².